The Balaban J connectivity index is 1.63. The summed E-state index contributed by atoms with van der Waals surface area (Å²) in [7, 11) is 0. The number of rotatable bonds is 7. The zero-order valence-electron chi connectivity index (χ0n) is 12.2. The normalized spacial score (nSPS) is 18.0. The van der Waals surface area contributed by atoms with Gasteiger partial charge >= 0.3 is 0 Å². The third-order valence-electron chi connectivity index (χ3n) is 3.89. The van der Waals surface area contributed by atoms with Crippen LogP contribution < -0.4 is 5.32 Å². The summed E-state index contributed by atoms with van der Waals surface area (Å²) in [6.07, 6.45) is 4.76. The largest absolute Gasteiger partial charge is 0.464 e. The maximum atomic E-state index is 5.76. The zero-order valence-corrected chi connectivity index (χ0v) is 13.0. The predicted molar refractivity (Wildman–Crippen MR) is 82.5 cm³/mol. The predicted octanol–water partition coefficient (Wildman–Crippen LogP) is 2.96. The van der Waals surface area contributed by atoms with E-state index in [2.05, 4.69) is 35.5 Å². The SMILES string of the molecule is CCN1CCC(CNCc2ccc(CSC)o2)CC1. The minimum atomic E-state index is 0.837. The van der Waals surface area contributed by atoms with Crippen molar-refractivity contribution < 1.29 is 4.42 Å². The Hall–Kier alpha value is -0.450. The number of nitrogens with zero attached hydrogens (tertiary/aromatic N) is 1. The van der Waals surface area contributed by atoms with Gasteiger partial charge in [0.25, 0.3) is 0 Å². The summed E-state index contributed by atoms with van der Waals surface area (Å²) >= 11 is 1.80. The first-order valence-electron chi connectivity index (χ1n) is 7.31. The van der Waals surface area contributed by atoms with E-state index in [4.69, 9.17) is 4.42 Å². The molecule has 0 amide bonds. The molecule has 1 aromatic heterocycles. The second kappa shape index (κ2) is 7.98. The Morgan fingerprint density at radius 2 is 2.05 bits per heavy atom. The lowest BCUT2D eigenvalue weighted by Crippen LogP contribution is -2.36. The minimum absolute atomic E-state index is 0.837. The maximum Gasteiger partial charge on any atom is 0.117 e. The van der Waals surface area contributed by atoms with Crippen molar-refractivity contribution in [2.24, 2.45) is 5.92 Å². The molecule has 0 bridgehead atoms. The molecule has 1 N–H and O–H groups in total. The molecule has 1 aliphatic rings. The van der Waals surface area contributed by atoms with E-state index in [-0.39, 0.29) is 0 Å². The van der Waals surface area contributed by atoms with Crippen molar-refractivity contribution in [2.75, 3.05) is 32.4 Å². The van der Waals surface area contributed by atoms with Crippen molar-refractivity contribution in [1.29, 1.82) is 0 Å². The van der Waals surface area contributed by atoms with Crippen molar-refractivity contribution >= 4 is 11.8 Å². The maximum absolute atomic E-state index is 5.76. The Morgan fingerprint density at radius 1 is 1.32 bits per heavy atom. The minimum Gasteiger partial charge on any atom is -0.464 e. The fourth-order valence-corrected chi connectivity index (χ4v) is 3.08. The summed E-state index contributed by atoms with van der Waals surface area (Å²) < 4.78 is 5.76. The zero-order chi connectivity index (χ0) is 13.5. The first kappa shape index (κ1) is 14.9. The number of nitrogens with one attached hydrogen (secondary N) is 1. The highest BCUT2D eigenvalue weighted by Gasteiger charge is 2.17. The van der Waals surface area contributed by atoms with Crippen LogP contribution in [0.1, 0.15) is 31.3 Å². The lowest BCUT2D eigenvalue weighted by atomic mass is 9.97. The van der Waals surface area contributed by atoms with Crippen molar-refractivity contribution in [3.05, 3.63) is 23.7 Å². The van der Waals surface area contributed by atoms with Crippen LogP contribution >= 0.6 is 11.8 Å². The molecule has 4 heteroatoms. The van der Waals surface area contributed by atoms with E-state index in [1.807, 2.05) is 0 Å². The highest BCUT2D eigenvalue weighted by Crippen LogP contribution is 2.17. The molecule has 1 saturated heterocycles. The Kier molecular flexibility index (Phi) is 6.28. The van der Waals surface area contributed by atoms with Gasteiger partial charge in [-0.15, -0.1) is 0 Å². The first-order valence-corrected chi connectivity index (χ1v) is 8.70. The average molecular weight is 282 g/mol. The smallest absolute Gasteiger partial charge is 0.117 e. The number of likely N-dealkylation sites (tertiary alicyclic amines) is 1. The molecule has 19 heavy (non-hydrogen) atoms. The second-order valence-electron chi connectivity index (χ2n) is 5.31. The molecule has 1 fully saturated rings. The van der Waals surface area contributed by atoms with Gasteiger partial charge in [-0.25, -0.2) is 0 Å². The number of hydrogen-bond acceptors (Lipinski definition) is 4. The molecule has 0 radical (unpaired) electrons. The number of hydrogen-bond donors (Lipinski definition) is 1. The van der Waals surface area contributed by atoms with Crippen LogP contribution in [0.4, 0.5) is 0 Å². The van der Waals surface area contributed by atoms with Crippen LogP contribution in [0.25, 0.3) is 0 Å². The second-order valence-corrected chi connectivity index (χ2v) is 6.18. The quantitative estimate of drug-likeness (QED) is 0.832. The number of piperidine rings is 1. The van der Waals surface area contributed by atoms with E-state index in [9.17, 15) is 0 Å². The van der Waals surface area contributed by atoms with Crippen LogP contribution in [-0.4, -0.2) is 37.3 Å². The molecular weight excluding hydrogens is 256 g/mol. The van der Waals surface area contributed by atoms with E-state index in [1.165, 1.54) is 32.5 Å². The van der Waals surface area contributed by atoms with Crippen LogP contribution in [0.3, 0.4) is 0 Å². The Labute approximate surface area is 121 Å². The summed E-state index contributed by atoms with van der Waals surface area (Å²) in [4.78, 5) is 2.54. The molecule has 2 rings (SSSR count). The summed E-state index contributed by atoms with van der Waals surface area (Å²) in [5.41, 5.74) is 0. The standard InChI is InChI=1S/C15H26N2OS/c1-3-17-8-6-13(7-9-17)10-16-11-14-4-5-15(18-14)12-19-2/h4-5,13,16H,3,6-12H2,1-2H3. The van der Waals surface area contributed by atoms with Crippen molar-refractivity contribution in [3.63, 3.8) is 0 Å². The molecule has 0 atom stereocenters. The van der Waals surface area contributed by atoms with Gasteiger partial charge in [0.15, 0.2) is 0 Å². The van der Waals surface area contributed by atoms with Crippen molar-refractivity contribution in [2.45, 2.75) is 32.1 Å². The van der Waals surface area contributed by atoms with Gasteiger partial charge in [-0.1, -0.05) is 6.92 Å². The van der Waals surface area contributed by atoms with Gasteiger partial charge < -0.3 is 14.6 Å². The summed E-state index contributed by atoms with van der Waals surface area (Å²) in [6, 6.07) is 4.19. The first-order chi connectivity index (χ1) is 9.31. The van der Waals surface area contributed by atoms with E-state index in [0.29, 0.717) is 0 Å². The van der Waals surface area contributed by atoms with Crippen LogP contribution in [0.5, 0.6) is 0 Å². The van der Waals surface area contributed by atoms with E-state index in [1.54, 1.807) is 11.8 Å². The van der Waals surface area contributed by atoms with Gasteiger partial charge in [-0.05, 0) is 63.3 Å². The summed E-state index contributed by atoms with van der Waals surface area (Å²) in [5.74, 6) is 3.95. The highest BCUT2D eigenvalue weighted by atomic mass is 32.2. The highest BCUT2D eigenvalue weighted by molar-refractivity contribution is 7.97. The van der Waals surface area contributed by atoms with Crippen molar-refractivity contribution in [1.82, 2.24) is 10.2 Å². The van der Waals surface area contributed by atoms with Gasteiger partial charge in [0.1, 0.15) is 11.5 Å². The van der Waals surface area contributed by atoms with Crippen molar-refractivity contribution in [3.8, 4) is 0 Å². The Morgan fingerprint density at radius 3 is 2.74 bits per heavy atom. The van der Waals surface area contributed by atoms with E-state index >= 15 is 0 Å². The van der Waals surface area contributed by atoms with Crippen LogP contribution in [-0.2, 0) is 12.3 Å². The summed E-state index contributed by atoms with van der Waals surface area (Å²) in [5, 5.41) is 3.54. The third-order valence-corrected chi connectivity index (χ3v) is 4.46. The van der Waals surface area contributed by atoms with Gasteiger partial charge in [-0.3, -0.25) is 0 Å². The van der Waals surface area contributed by atoms with Crippen LogP contribution in [0.2, 0.25) is 0 Å². The molecular formula is C15H26N2OS. The number of thioether (sulfide) groups is 1. The molecule has 0 unspecified atom stereocenters. The molecule has 0 aliphatic carbocycles. The number of furan rings is 1. The molecule has 3 nitrogen and oxygen atoms in total. The van der Waals surface area contributed by atoms with Gasteiger partial charge in [0, 0.05) is 0 Å². The fourth-order valence-electron chi connectivity index (χ4n) is 2.64. The molecule has 0 aromatic carbocycles. The van der Waals surface area contributed by atoms with E-state index < -0.39 is 0 Å². The lowest BCUT2D eigenvalue weighted by molar-refractivity contribution is 0.189. The van der Waals surface area contributed by atoms with E-state index in [0.717, 1.165) is 36.3 Å². The summed E-state index contributed by atoms with van der Waals surface area (Å²) in [6.45, 7) is 7.97. The Bertz CT molecular complexity index is 359. The molecule has 108 valence electrons. The van der Waals surface area contributed by atoms with Gasteiger partial charge in [-0.2, -0.15) is 11.8 Å². The van der Waals surface area contributed by atoms with Crippen LogP contribution in [0, 0.1) is 5.92 Å². The fraction of sp³-hybridized carbons (Fsp3) is 0.733. The molecule has 0 spiro atoms. The molecule has 1 aliphatic heterocycles. The monoisotopic (exact) mass is 282 g/mol. The van der Waals surface area contributed by atoms with Crippen LogP contribution in [0.15, 0.2) is 16.5 Å². The topological polar surface area (TPSA) is 28.4 Å². The third kappa shape index (κ3) is 4.86. The lowest BCUT2D eigenvalue weighted by Gasteiger charge is -2.31. The molecule has 1 aromatic rings. The molecule has 2 heterocycles. The molecule has 0 saturated carbocycles. The van der Waals surface area contributed by atoms with Gasteiger partial charge in [0.05, 0.1) is 12.3 Å². The average Bonchev–Trinajstić information content (AvgIpc) is 2.88. The van der Waals surface area contributed by atoms with Gasteiger partial charge in [0.2, 0.25) is 0 Å².